The summed E-state index contributed by atoms with van der Waals surface area (Å²) < 4.78 is 53.8. The molecule has 2 aliphatic rings. The molecule has 0 radical (unpaired) electrons. The van der Waals surface area contributed by atoms with E-state index in [1.54, 1.807) is 12.1 Å². The Morgan fingerprint density at radius 1 is 0.976 bits per heavy atom. The monoisotopic (exact) mass is 562 g/mol. The molecule has 2 aliphatic carbocycles. The molecule has 41 heavy (non-hydrogen) atoms. The maximum absolute atomic E-state index is 13.4. The molecule has 214 valence electrons. The maximum Gasteiger partial charge on any atom is 0.416 e. The first kappa shape index (κ1) is 27.2. The molecule has 5 nitrogen and oxygen atoms in total. The summed E-state index contributed by atoms with van der Waals surface area (Å²) in [6.07, 6.45) is 0.342. The molecule has 0 aliphatic heterocycles. The van der Waals surface area contributed by atoms with Gasteiger partial charge in [-0.05, 0) is 99.4 Å². The van der Waals surface area contributed by atoms with Crippen LogP contribution in [0.3, 0.4) is 0 Å². The first-order valence-corrected chi connectivity index (χ1v) is 14.3. The van der Waals surface area contributed by atoms with E-state index in [-0.39, 0.29) is 12.1 Å². The van der Waals surface area contributed by atoms with Crippen molar-refractivity contribution in [1.29, 1.82) is 0 Å². The van der Waals surface area contributed by atoms with Crippen LogP contribution in [0.4, 0.5) is 23.7 Å². The second-order valence-corrected chi connectivity index (χ2v) is 11.0. The third kappa shape index (κ3) is 5.52. The molecule has 2 fully saturated rings. The second kappa shape index (κ2) is 10.8. The van der Waals surface area contributed by atoms with Crippen molar-refractivity contribution in [2.24, 2.45) is 5.92 Å². The Hall–Kier alpha value is -3.94. The van der Waals surface area contributed by atoms with Crippen LogP contribution in [0.1, 0.15) is 57.6 Å². The summed E-state index contributed by atoms with van der Waals surface area (Å²) in [5.41, 5.74) is 4.36. The standard InChI is InChI=1S/C33H33F3N2O3/c1-3-40-27-17-18-28-29(19-27)38(26-5-4-6-26)31(30(28)22-9-13-24(14-10-22)33(34,35)36)23-11-15-25(16-12-23)37-32(39)41-20(2)21-7-8-21/h9-21,26H,3-8H2,1-2H3,(H,37,39). The Bertz CT molecular complexity index is 1550. The number of nitrogens with one attached hydrogen (secondary N) is 1. The van der Waals surface area contributed by atoms with Gasteiger partial charge in [-0.2, -0.15) is 13.2 Å². The number of carbonyl (C=O) groups is 1. The summed E-state index contributed by atoms with van der Waals surface area (Å²) in [5, 5.41) is 3.77. The minimum Gasteiger partial charge on any atom is -0.494 e. The van der Waals surface area contributed by atoms with Crippen LogP contribution >= 0.6 is 0 Å². The van der Waals surface area contributed by atoms with Crippen molar-refractivity contribution < 1.29 is 27.4 Å². The van der Waals surface area contributed by atoms with Gasteiger partial charge in [0.15, 0.2) is 0 Å². The number of nitrogens with zero attached hydrogens (tertiary/aromatic N) is 1. The number of aromatic nitrogens is 1. The quantitative estimate of drug-likeness (QED) is 0.233. The third-order valence-corrected chi connectivity index (χ3v) is 8.21. The number of benzene rings is 3. The Morgan fingerprint density at radius 3 is 2.24 bits per heavy atom. The van der Waals surface area contributed by atoms with E-state index in [1.165, 1.54) is 0 Å². The summed E-state index contributed by atoms with van der Waals surface area (Å²) in [6.45, 7) is 4.39. The Morgan fingerprint density at radius 2 is 1.66 bits per heavy atom. The highest BCUT2D eigenvalue weighted by Gasteiger charge is 2.32. The zero-order valence-electron chi connectivity index (χ0n) is 23.1. The fourth-order valence-electron chi connectivity index (χ4n) is 5.66. The lowest BCUT2D eigenvalue weighted by molar-refractivity contribution is -0.137. The van der Waals surface area contributed by atoms with E-state index in [1.807, 2.05) is 56.3 Å². The average molecular weight is 563 g/mol. The predicted octanol–water partition coefficient (Wildman–Crippen LogP) is 9.46. The molecule has 1 aromatic heterocycles. The Balaban J connectivity index is 1.44. The van der Waals surface area contributed by atoms with Crippen LogP contribution in [0.5, 0.6) is 5.75 Å². The number of amides is 1. The van der Waals surface area contributed by atoms with E-state index in [0.717, 1.165) is 77.7 Å². The number of ether oxygens (including phenoxy) is 2. The molecule has 0 spiro atoms. The summed E-state index contributed by atoms with van der Waals surface area (Å²) in [6, 6.07) is 19.2. The van der Waals surface area contributed by atoms with Crippen LogP contribution in [-0.2, 0) is 10.9 Å². The van der Waals surface area contributed by atoms with Crippen LogP contribution in [-0.4, -0.2) is 23.4 Å². The molecule has 1 heterocycles. The molecule has 2 saturated carbocycles. The second-order valence-electron chi connectivity index (χ2n) is 11.0. The smallest absolute Gasteiger partial charge is 0.416 e. The van der Waals surface area contributed by atoms with Crippen LogP contribution in [0.15, 0.2) is 66.7 Å². The van der Waals surface area contributed by atoms with Gasteiger partial charge in [0.1, 0.15) is 11.9 Å². The van der Waals surface area contributed by atoms with Gasteiger partial charge in [-0.3, -0.25) is 5.32 Å². The molecule has 1 amide bonds. The summed E-state index contributed by atoms with van der Waals surface area (Å²) in [4.78, 5) is 12.4. The number of carbonyl (C=O) groups excluding carboxylic acids is 1. The number of rotatable bonds is 8. The van der Waals surface area contributed by atoms with Gasteiger partial charge in [0, 0.05) is 28.7 Å². The van der Waals surface area contributed by atoms with E-state index in [0.29, 0.717) is 23.8 Å². The lowest BCUT2D eigenvalue weighted by Crippen LogP contribution is -2.21. The molecule has 3 aromatic carbocycles. The first-order chi connectivity index (χ1) is 19.7. The zero-order chi connectivity index (χ0) is 28.7. The van der Waals surface area contributed by atoms with Crippen LogP contribution < -0.4 is 10.1 Å². The zero-order valence-corrected chi connectivity index (χ0v) is 23.1. The number of hydrogen-bond donors (Lipinski definition) is 1. The topological polar surface area (TPSA) is 52.5 Å². The number of hydrogen-bond acceptors (Lipinski definition) is 3. The molecule has 4 aromatic rings. The van der Waals surface area contributed by atoms with Crippen LogP contribution in [0.2, 0.25) is 0 Å². The third-order valence-electron chi connectivity index (χ3n) is 8.21. The molecular weight excluding hydrogens is 529 g/mol. The Kier molecular flexibility index (Phi) is 7.18. The van der Waals surface area contributed by atoms with Crippen molar-refractivity contribution in [1.82, 2.24) is 4.57 Å². The molecule has 0 saturated heterocycles. The van der Waals surface area contributed by atoms with Crippen molar-refractivity contribution in [3.8, 4) is 28.1 Å². The highest BCUT2D eigenvalue weighted by molar-refractivity contribution is 6.05. The van der Waals surface area contributed by atoms with Crippen molar-refractivity contribution in [3.63, 3.8) is 0 Å². The lowest BCUT2D eigenvalue weighted by Gasteiger charge is -2.30. The molecule has 0 bridgehead atoms. The van der Waals surface area contributed by atoms with Gasteiger partial charge in [-0.15, -0.1) is 0 Å². The number of anilines is 1. The van der Waals surface area contributed by atoms with Crippen LogP contribution in [0, 0.1) is 5.92 Å². The molecule has 1 N–H and O–H groups in total. The minimum atomic E-state index is -4.41. The van der Waals surface area contributed by atoms with Gasteiger partial charge in [-0.1, -0.05) is 24.3 Å². The highest BCUT2D eigenvalue weighted by Crippen LogP contribution is 2.48. The number of halogens is 3. The Labute approximate surface area is 237 Å². The molecule has 6 rings (SSSR count). The van der Waals surface area contributed by atoms with Crippen molar-refractivity contribution in [3.05, 3.63) is 72.3 Å². The van der Waals surface area contributed by atoms with Crippen molar-refractivity contribution in [2.75, 3.05) is 11.9 Å². The molecular formula is C33H33F3N2O3. The summed E-state index contributed by atoms with van der Waals surface area (Å²) in [7, 11) is 0. The van der Waals surface area contributed by atoms with Gasteiger partial charge in [0.25, 0.3) is 0 Å². The maximum atomic E-state index is 13.4. The van der Waals surface area contributed by atoms with E-state index < -0.39 is 17.8 Å². The molecule has 8 heteroatoms. The highest BCUT2D eigenvalue weighted by atomic mass is 19.4. The molecule has 1 atom stereocenters. The molecule has 1 unspecified atom stereocenters. The van der Waals surface area contributed by atoms with Gasteiger partial charge in [-0.25, -0.2) is 4.79 Å². The average Bonchev–Trinajstić information content (AvgIpc) is 3.72. The van der Waals surface area contributed by atoms with Gasteiger partial charge >= 0.3 is 12.3 Å². The predicted molar refractivity (Wildman–Crippen MR) is 154 cm³/mol. The van der Waals surface area contributed by atoms with Gasteiger partial charge < -0.3 is 14.0 Å². The van der Waals surface area contributed by atoms with E-state index in [9.17, 15) is 18.0 Å². The minimum absolute atomic E-state index is 0.111. The van der Waals surface area contributed by atoms with Crippen molar-refractivity contribution >= 4 is 22.7 Å². The first-order valence-electron chi connectivity index (χ1n) is 14.3. The number of fused-ring (bicyclic) bond motifs is 1. The van der Waals surface area contributed by atoms with Gasteiger partial charge in [0.2, 0.25) is 0 Å². The van der Waals surface area contributed by atoms with E-state index in [4.69, 9.17) is 9.47 Å². The van der Waals surface area contributed by atoms with E-state index in [2.05, 4.69) is 9.88 Å². The normalized spacial score (nSPS) is 16.3. The number of alkyl halides is 3. The van der Waals surface area contributed by atoms with Crippen LogP contribution in [0.25, 0.3) is 33.3 Å². The summed E-state index contributed by atoms with van der Waals surface area (Å²) in [5.74, 6) is 1.20. The summed E-state index contributed by atoms with van der Waals surface area (Å²) >= 11 is 0. The van der Waals surface area contributed by atoms with Gasteiger partial charge in [0.05, 0.1) is 23.4 Å². The largest absolute Gasteiger partial charge is 0.494 e. The van der Waals surface area contributed by atoms with E-state index >= 15 is 0 Å². The van der Waals surface area contributed by atoms with Crippen molar-refractivity contribution in [2.45, 2.75) is 64.3 Å². The fourth-order valence-corrected chi connectivity index (χ4v) is 5.66. The SMILES string of the molecule is CCOc1ccc2c(-c3ccc(C(F)(F)F)cc3)c(-c3ccc(NC(=O)OC(C)C4CC4)cc3)n(C3CCC3)c2c1. The lowest BCUT2D eigenvalue weighted by atomic mass is 9.91. The fraction of sp³-hybridized carbons (Fsp3) is 0.364.